The van der Waals surface area contributed by atoms with Gasteiger partial charge < -0.3 is 10.6 Å². The zero-order valence-corrected chi connectivity index (χ0v) is 7.20. The zero-order chi connectivity index (χ0) is 8.55. The topological polar surface area (TPSA) is 42.1 Å². The molecule has 0 atom stereocenters. The summed E-state index contributed by atoms with van der Waals surface area (Å²) >= 11 is 0. The second-order valence-corrected chi connectivity index (χ2v) is 3.32. The third kappa shape index (κ3) is 1.28. The molecule has 2 rings (SSSR count). The Labute approximate surface area is 72.2 Å². The Kier molecular flexibility index (Phi) is 1.73. The van der Waals surface area contributed by atoms with Crippen LogP contribution in [0.2, 0.25) is 0 Å². The summed E-state index contributed by atoms with van der Waals surface area (Å²) < 4.78 is 0. The Morgan fingerprint density at radius 1 is 1.58 bits per heavy atom. The van der Waals surface area contributed by atoms with Gasteiger partial charge in [-0.05, 0) is 19.1 Å². The Balaban J connectivity index is 2.13. The molecule has 2 heterocycles. The van der Waals surface area contributed by atoms with Crippen molar-refractivity contribution in [1.29, 1.82) is 0 Å². The monoisotopic (exact) mass is 163 g/mol. The molecule has 0 amide bonds. The number of aromatic nitrogens is 1. The van der Waals surface area contributed by atoms with E-state index in [-0.39, 0.29) is 0 Å². The SMILES string of the molecule is Cc1cc(N2CC(N)C2)ccn1. The van der Waals surface area contributed by atoms with Crippen LogP contribution in [0.25, 0.3) is 0 Å². The van der Waals surface area contributed by atoms with Crippen LogP contribution in [-0.4, -0.2) is 24.1 Å². The zero-order valence-electron chi connectivity index (χ0n) is 7.20. The fraction of sp³-hybridized carbons (Fsp3) is 0.444. The van der Waals surface area contributed by atoms with Crippen LogP contribution >= 0.6 is 0 Å². The molecule has 2 N–H and O–H groups in total. The molecular formula is C9H13N3. The summed E-state index contributed by atoms with van der Waals surface area (Å²) in [5.74, 6) is 0. The van der Waals surface area contributed by atoms with Gasteiger partial charge in [0, 0.05) is 36.7 Å². The first-order valence-electron chi connectivity index (χ1n) is 4.19. The molecule has 3 nitrogen and oxygen atoms in total. The van der Waals surface area contributed by atoms with Crippen molar-refractivity contribution in [2.24, 2.45) is 5.73 Å². The second kappa shape index (κ2) is 2.75. The maximum absolute atomic E-state index is 5.69. The quantitative estimate of drug-likeness (QED) is 0.657. The number of aryl methyl sites for hydroxylation is 1. The minimum atomic E-state index is 0.360. The van der Waals surface area contributed by atoms with Gasteiger partial charge in [0.25, 0.3) is 0 Å². The lowest BCUT2D eigenvalue weighted by Crippen LogP contribution is -2.55. The highest BCUT2D eigenvalue weighted by molar-refractivity contribution is 5.49. The molecule has 3 heteroatoms. The van der Waals surface area contributed by atoms with Crippen LogP contribution < -0.4 is 10.6 Å². The molecule has 0 unspecified atom stereocenters. The highest BCUT2D eigenvalue weighted by atomic mass is 15.2. The van der Waals surface area contributed by atoms with E-state index in [9.17, 15) is 0 Å². The largest absolute Gasteiger partial charge is 0.368 e. The van der Waals surface area contributed by atoms with E-state index in [0.717, 1.165) is 18.8 Å². The van der Waals surface area contributed by atoms with E-state index < -0.39 is 0 Å². The van der Waals surface area contributed by atoms with Crippen LogP contribution in [0.15, 0.2) is 18.3 Å². The van der Waals surface area contributed by atoms with E-state index in [1.807, 2.05) is 19.2 Å². The first-order valence-corrected chi connectivity index (χ1v) is 4.19. The smallest absolute Gasteiger partial charge is 0.0400 e. The summed E-state index contributed by atoms with van der Waals surface area (Å²) in [6.07, 6.45) is 1.84. The van der Waals surface area contributed by atoms with Gasteiger partial charge in [0.1, 0.15) is 0 Å². The summed E-state index contributed by atoms with van der Waals surface area (Å²) in [5, 5.41) is 0. The van der Waals surface area contributed by atoms with Gasteiger partial charge in [-0.3, -0.25) is 4.98 Å². The summed E-state index contributed by atoms with van der Waals surface area (Å²) in [6.45, 7) is 3.95. The average Bonchev–Trinajstić information content (AvgIpc) is 1.99. The fourth-order valence-corrected chi connectivity index (χ4v) is 1.45. The minimum Gasteiger partial charge on any atom is -0.368 e. The van der Waals surface area contributed by atoms with Gasteiger partial charge >= 0.3 is 0 Å². The van der Waals surface area contributed by atoms with Crippen LogP contribution in [0.4, 0.5) is 5.69 Å². The molecule has 1 saturated heterocycles. The minimum absolute atomic E-state index is 0.360. The van der Waals surface area contributed by atoms with E-state index in [2.05, 4.69) is 16.0 Å². The van der Waals surface area contributed by atoms with Crippen molar-refractivity contribution in [2.75, 3.05) is 18.0 Å². The molecule has 0 radical (unpaired) electrons. The van der Waals surface area contributed by atoms with E-state index in [1.165, 1.54) is 5.69 Å². The number of rotatable bonds is 1. The van der Waals surface area contributed by atoms with Crippen molar-refractivity contribution in [2.45, 2.75) is 13.0 Å². The lowest BCUT2D eigenvalue weighted by Gasteiger charge is -2.38. The lowest BCUT2D eigenvalue weighted by atomic mass is 10.1. The van der Waals surface area contributed by atoms with Gasteiger partial charge in [-0.2, -0.15) is 0 Å². The summed E-state index contributed by atoms with van der Waals surface area (Å²) in [5.41, 5.74) is 7.99. The normalized spacial score (nSPS) is 17.7. The number of hydrogen-bond acceptors (Lipinski definition) is 3. The van der Waals surface area contributed by atoms with Crippen molar-refractivity contribution in [1.82, 2.24) is 4.98 Å². The van der Waals surface area contributed by atoms with Gasteiger partial charge in [-0.25, -0.2) is 0 Å². The molecule has 0 spiro atoms. The average molecular weight is 163 g/mol. The Hall–Kier alpha value is -1.09. The number of hydrogen-bond donors (Lipinski definition) is 1. The van der Waals surface area contributed by atoms with Gasteiger partial charge in [0.15, 0.2) is 0 Å². The highest BCUT2D eigenvalue weighted by Crippen LogP contribution is 2.19. The number of pyridine rings is 1. The van der Waals surface area contributed by atoms with Crippen molar-refractivity contribution in [3.05, 3.63) is 24.0 Å². The molecule has 1 aromatic heterocycles. The fourth-order valence-electron chi connectivity index (χ4n) is 1.45. The third-order valence-corrected chi connectivity index (χ3v) is 2.16. The highest BCUT2D eigenvalue weighted by Gasteiger charge is 2.22. The van der Waals surface area contributed by atoms with Gasteiger partial charge in [-0.15, -0.1) is 0 Å². The van der Waals surface area contributed by atoms with Crippen molar-refractivity contribution in [3.8, 4) is 0 Å². The van der Waals surface area contributed by atoms with E-state index >= 15 is 0 Å². The van der Waals surface area contributed by atoms with Gasteiger partial charge in [-0.1, -0.05) is 0 Å². The lowest BCUT2D eigenvalue weighted by molar-refractivity contribution is 0.519. The Bertz CT molecular complexity index is 279. The van der Waals surface area contributed by atoms with Crippen LogP contribution in [0.3, 0.4) is 0 Å². The van der Waals surface area contributed by atoms with Crippen molar-refractivity contribution < 1.29 is 0 Å². The molecule has 0 aromatic carbocycles. The Morgan fingerprint density at radius 3 is 2.92 bits per heavy atom. The molecule has 12 heavy (non-hydrogen) atoms. The predicted octanol–water partition coefficient (Wildman–Crippen LogP) is 0.537. The molecule has 1 aromatic rings. The first kappa shape index (κ1) is 7.55. The summed E-state index contributed by atoms with van der Waals surface area (Å²) in [4.78, 5) is 6.40. The standard InChI is InChI=1S/C9H13N3/c1-7-4-9(2-3-11-7)12-5-8(10)6-12/h2-4,8H,5-6,10H2,1H3. The van der Waals surface area contributed by atoms with Crippen molar-refractivity contribution >= 4 is 5.69 Å². The molecule has 1 aliphatic rings. The Morgan fingerprint density at radius 2 is 2.33 bits per heavy atom. The van der Waals surface area contributed by atoms with Crippen LogP contribution in [0.5, 0.6) is 0 Å². The predicted molar refractivity (Wildman–Crippen MR) is 49.2 cm³/mol. The van der Waals surface area contributed by atoms with Crippen LogP contribution in [0.1, 0.15) is 5.69 Å². The molecule has 1 fully saturated rings. The van der Waals surface area contributed by atoms with Crippen LogP contribution in [-0.2, 0) is 0 Å². The number of nitrogens with zero attached hydrogens (tertiary/aromatic N) is 2. The third-order valence-electron chi connectivity index (χ3n) is 2.16. The van der Waals surface area contributed by atoms with Crippen LogP contribution in [0, 0.1) is 6.92 Å². The first-order chi connectivity index (χ1) is 5.75. The molecule has 0 bridgehead atoms. The molecular weight excluding hydrogens is 150 g/mol. The number of anilines is 1. The summed E-state index contributed by atoms with van der Waals surface area (Å²) in [7, 11) is 0. The van der Waals surface area contributed by atoms with Crippen molar-refractivity contribution in [3.63, 3.8) is 0 Å². The molecule has 0 aliphatic carbocycles. The van der Waals surface area contributed by atoms with Gasteiger partial charge in [0.05, 0.1) is 0 Å². The van der Waals surface area contributed by atoms with E-state index in [4.69, 9.17) is 5.73 Å². The number of nitrogens with two attached hydrogens (primary N) is 1. The summed E-state index contributed by atoms with van der Waals surface area (Å²) in [6, 6.07) is 4.48. The van der Waals surface area contributed by atoms with E-state index in [0.29, 0.717) is 6.04 Å². The van der Waals surface area contributed by atoms with Gasteiger partial charge in [0.2, 0.25) is 0 Å². The molecule has 0 saturated carbocycles. The molecule has 64 valence electrons. The maximum Gasteiger partial charge on any atom is 0.0400 e. The molecule has 1 aliphatic heterocycles. The van der Waals surface area contributed by atoms with E-state index in [1.54, 1.807) is 0 Å². The maximum atomic E-state index is 5.69. The second-order valence-electron chi connectivity index (χ2n) is 3.32.